The Morgan fingerprint density at radius 1 is 1.10 bits per heavy atom. The summed E-state index contributed by atoms with van der Waals surface area (Å²) in [5, 5.41) is 7.23. The van der Waals surface area contributed by atoms with Crippen LogP contribution in [0.4, 0.5) is 0 Å². The maximum atomic E-state index is 13.3. The zero-order valence-electron chi connectivity index (χ0n) is 22.4. The molecule has 0 spiro atoms. The van der Waals surface area contributed by atoms with Gasteiger partial charge in [-0.3, -0.25) is 19.3 Å². The molecular weight excluding hydrogens is 520 g/mol. The Balaban J connectivity index is 1.70. The van der Waals surface area contributed by atoms with E-state index in [1.54, 1.807) is 0 Å². The molecule has 0 radical (unpaired) electrons. The van der Waals surface area contributed by atoms with Crippen LogP contribution in [-0.2, 0) is 29.1 Å². The highest BCUT2D eigenvalue weighted by Gasteiger charge is 2.35. The average molecular weight is 557 g/mol. The van der Waals surface area contributed by atoms with Crippen molar-refractivity contribution in [3.05, 3.63) is 48.0 Å². The summed E-state index contributed by atoms with van der Waals surface area (Å²) in [6.07, 6.45) is 5.83. The number of carbonyl (C=O) groups excluding carboxylic acids is 3. The van der Waals surface area contributed by atoms with Crippen LogP contribution in [0.3, 0.4) is 0 Å². The minimum absolute atomic E-state index is 0.0263. The molecule has 0 aliphatic carbocycles. The molecule has 1 unspecified atom stereocenters. The second kappa shape index (κ2) is 14.1. The molecule has 2 aromatic rings. The SMILES string of the molecule is C#CCNC(=O)CNC(=O)CN(C1CCN(C(C)c2cccc3ccccc23)CC1)S(=O)(=O)CCC(=O)OC. The number of hydrogen-bond donors (Lipinski definition) is 2. The number of nitrogens with zero attached hydrogens (tertiary/aromatic N) is 2. The van der Waals surface area contributed by atoms with E-state index in [1.807, 2.05) is 18.2 Å². The molecule has 1 aliphatic rings. The Morgan fingerprint density at radius 3 is 2.49 bits per heavy atom. The number of nitrogens with one attached hydrogen (secondary N) is 2. The first-order valence-electron chi connectivity index (χ1n) is 12.9. The summed E-state index contributed by atoms with van der Waals surface area (Å²) in [5.41, 5.74) is 1.21. The molecule has 10 nitrogen and oxygen atoms in total. The van der Waals surface area contributed by atoms with Crippen LogP contribution in [0.2, 0.25) is 0 Å². The number of likely N-dealkylation sites (tertiary alicyclic amines) is 1. The fourth-order valence-corrected chi connectivity index (χ4v) is 6.49. The molecule has 210 valence electrons. The summed E-state index contributed by atoms with van der Waals surface area (Å²) in [6.45, 7) is 2.67. The van der Waals surface area contributed by atoms with Crippen LogP contribution < -0.4 is 10.6 Å². The van der Waals surface area contributed by atoms with Crippen LogP contribution in [0.1, 0.15) is 37.8 Å². The summed E-state index contributed by atoms with van der Waals surface area (Å²) in [6, 6.07) is 14.2. The number of esters is 1. The first-order valence-corrected chi connectivity index (χ1v) is 14.5. The fourth-order valence-electron chi connectivity index (χ4n) is 4.85. The number of sulfonamides is 1. The molecule has 1 fully saturated rings. The lowest BCUT2D eigenvalue weighted by Gasteiger charge is -2.40. The van der Waals surface area contributed by atoms with E-state index < -0.39 is 46.1 Å². The smallest absolute Gasteiger partial charge is 0.306 e. The number of piperidine rings is 1. The zero-order valence-corrected chi connectivity index (χ0v) is 23.2. The number of terminal acetylenes is 1. The lowest BCUT2D eigenvalue weighted by Crippen LogP contribution is -2.52. The molecule has 39 heavy (non-hydrogen) atoms. The van der Waals surface area contributed by atoms with Gasteiger partial charge in [0.15, 0.2) is 0 Å². The molecule has 1 aliphatic heterocycles. The number of amides is 2. The molecule has 0 saturated carbocycles. The number of fused-ring (bicyclic) bond motifs is 1. The summed E-state index contributed by atoms with van der Waals surface area (Å²) >= 11 is 0. The van der Waals surface area contributed by atoms with E-state index in [4.69, 9.17) is 6.42 Å². The monoisotopic (exact) mass is 556 g/mol. The van der Waals surface area contributed by atoms with Crippen LogP contribution in [0, 0.1) is 12.3 Å². The predicted molar refractivity (Wildman–Crippen MR) is 149 cm³/mol. The van der Waals surface area contributed by atoms with Crippen molar-refractivity contribution in [3.63, 3.8) is 0 Å². The maximum Gasteiger partial charge on any atom is 0.306 e. The van der Waals surface area contributed by atoms with Gasteiger partial charge < -0.3 is 15.4 Å². The molecule has 1 saturated heterocycles. The lowest BCUT2D eigenvalue weighted by molar-refractivity contribution is -0.140. The van der Waals surface area contributed by atoms with Crippen molar-refractivity contribution in [2.75, 3.05) is 45.6 Å². The van der Waals surface area contributed by atoms with E-state index in [9.17, 15) is 22.8 Å². The molecule has 2 amide bonds. The zero-order chi connectivity index (χ0) is 28.4. The third-order valence-corrected chi connectivity index (χ3v) is 8.87. The van der Waals surface area contributed by atoms with Crippen molar-refractivity contribution in [2.45, 2.75) is 38.3 Å². The minimum atomic E-state index is -3.97. The van der Waals surface area contributed by atoms with Gasteiger partial charge in [-0.2, -0.15) is 4.31 Å². The third kappa shape index (κ3) is 8.26. The van der Waals surface area contributed by atoms with Crippen molar-refractivity contribution in [2.24, 2.45) is 0 Å². The van der Waals surface area contributed by atoms with Gasteiger partial charge in [-0.05, 0) is 36.1 Å². The number of benzene rings is 2. The normalized spacial score (nSPS) is 15.4. The molecule has 0 bridgehead atoms. The predicted octanol–water partition coefficient (Wildman–Crippen LogP) is 1.43. The van der Waals surface area contributed by atoms with Gasteiger partial charge >= 0.3 is 5.97 Å². The number of hydrogen-bond acceptors (Lipinski definition) is 7. The summed E-state index contributed by atoms with van der Waals surface area (Å²) in [4.78, 5) is 38.4. The van der Waals surface area contributed by atoms with Crippen LogP contribution >= 0.6 is 0 Å². The number of carbonyl (C=O) groups is 3. The van der Waals surface area contributed by atoms with Gasteiger partial charge in [-0.15, -0.1) is 6.42 Å². The number of methoxy groups -OCH3 is 1. The first-order chi connectivity index (χ1) is 18.7. The van der Waals surface area contributed by atoms with Crippen LogP contribution in [0.15, 0.2) is 42.5 Å². The maximum absolute atomic E-state index is 13.3. The summed E-state index contributed by atoms with van der Waals surface area (Å²) < 4.78 is 32.3. The van der Waals surface area contributed by atoms with Gasteiger partial charge in [0.25, 0.3) is 0 Å². The molecule has 2 aromatic carbocycles. The summed E-state index contributed by atoms with van der Waals surface area (Å²) in [5.74, 6) is 0.0625. The Labute approximate surface area is 230 Å². The van der Waals surface area contributed by atoms with Crippen molar-refractivity contribution >= 4 is 38.6 Å². The van der Waals surface area contributed by atoms with Crippen molar-refractivity contribution in [1.29, 1.82) is 0 Å². The van der Waals surface area contributed by atoms with Gasteiger partial charge in [-0.25, -0.2) is 8.42 Å². The third-order valence-electron chi connectivity index (χ3n) is 7.01. The Morgan fingerprint density at radius 2 is 1.79 bits per heavy atom. The van der Waals surface area contributed by atoms with Crippen molar-refractivity contribution < 1.29 is 27.5 Å². The first kappa shape index (κ1) is 30.1. The lowest BCUT2D eigenvalue weighted by atomic mass is 9.96. The Bertz CT molecular complexity index is 1310. The second-order valence-corrected chi connectivity index (χ2v) is 11.5. The van der Waals surface area contributed by atoms with E-state index in [0.717, 1.165) is 0 Å². The van der Waals surface area contributed by atoms with E-state index in [2.05, 4.69) is 57.4 Å². The quantitative estimate of drug-likeness (QED) is 0.299. The largest absolute Gasteiger partial charge is 0.469 e. The van der Waals surface area contributed by atoms with Gasteiger partial charge in [-0.1, -0.05) is 48.4 Å². The fraction of sp³-hybridized carbons (Fsp3) is 0.464. The molecule has 1 atom stereocenters. The summed E-state index contributed by atoms with van der Waals surface area (Å²) in [7, 11) is -2.77. The van der Waals surface area contributed by atoms with E-state index >= 15 is 0 Å². The molecule has 1 heterocycles. The molecule has 11 heteroatoms. The second-order valence-electron chi connectivity index (χ2n) is 9.46. The molecular formula is C28H36N4O6S. The topological polar surface area (TPSA) is 125 Å². The van der Waals surface area contributed by atoms with Gasteiger partial charge in [0.2, 0.25) is 21.8 Å². The molecule has 3 rings (SSSR count). The standard InChI is InChI=1S/C28H36N4O6S/c1-4-15-29-26(33)19-30-27(34)20-32(39(36,37)18-14-28(35)38-3)23-12-16-31(17-13-23)21(2)24-11-7-9-22-8-5-6-10-25(22)24/h1,5-11,21,23H,12-20H2,2-3H3,(H,29,33)(H,30,34). The number of ether oxygens (including phenoxy) is 1. The van der Waals surface area contributed by atoms with E-state index in [1.165, 1.54) is 27.8 Å². The van der Waals surface area contributed by atoms with E-state index in [0.29, 0.717) is 25.9 Å². The molecule has 2 N–H and O–H groups in total. The van der Waals surface area contributed by atoms with Crippen molar-refractivity contribution in [3.8, 4) is 12.3 Å². The number of rotatable bonds is 12. The van der Waals surface area contributed by atoms with Crippen LogP contribution in [0.25, 0.3) is 10.8 Å². The Kier molecular flexibility index (Phi) is 10.9. The Hall–Kier alpha value is -3.46. The highest BCUT2D eigenvalue weighted by atomic mass is 32.2. The van der Waals surface area contributed by atoms with Crippen molar-refractivity contribution in [1.82, 2.24) is 19.8 Å². The highest BCUT2D eigenvalue weighted by Crippen LogP contribution is 2.31. The van der Waals surface area contributed by atoms with Crippen LogP contribution in [0.5, 0.6) is 0 Å². The average Bonchev–Trinajstić information content (AvgIpc) is 2.95. The minimum Gasteiger partial charge on any atom is -0.469 e. The van der Waals surface area contributed by atoms with Crippen LogP contribution in [-0.4, -0.2) is 87.0 Å². The van der Waals surface area contributed by atoms with E-state index in [-0.39, 0.29) is 25.6 Å². The van der Waals surface area contributed by atoms with Gasteiger partial charge in [0.05, 0.1) is 38.9 Å². The molecule has 0 aromatic heterocycles. The highest BCUT2D eigenvalue weighted by molar-refractivity contribution is 7.89. The van der Waals surface area contributed by atoms with Gasteiger partial charge in [0.1, 0.15) is 0 Å². The van der Waals surface area contributed by atoms with Gasteiger partial charge in [0, 0.05) is 25.2 Å².